The summed E-state index contributed by atoms with van der Waals surface area (Å²) in [6.45, 7) is 3.38. The molecule has 6 rings (SSSR count). The van der Waals surface area contributed by atoms with Crippen LogP contribution < -0.4 is 15.5 Å². The third-order valence-electron chi connectivity index (χ3n) is 7.51. The molecule has 4 saturated carbocycles. The van der Waals surface area contributed by atoms with E-state index in [2.05, 4.69) is 39.7 Å². The van der Waals surface area contributed by atoms with Crippen LogP contribution in [-0.2, 0) is 0 Å². The second kappa shape index (κ2) is 6.15. The van der Waals surface area contributed by atoms with Gasteiger partial charge >= 0.3 is 0 Å². The third kappa shape index (κ3) is 3.03. The van der Waals surface area contributed by atoms with Crippen LogP contribution in [0.3, 0.4) is 0 Å². The summed E-state index contributed by atoms with van der Waals surface area (Å²) in [5.41, 5.74) is 1.89. The minimum atomic E-state index is 0.567. The summed E-state index contributed by atoms with van der Waals surface area (Å²) < 4.78 is 0. The van der Waals surface area contributed by atoms with Crippen molar-refractivity contribution in [1.29, 1.82) is 0 Å². The number of aromatic nitrogens is 1. The average molecular weight is 341 g/mol. The number of hydrogen-bond donors (Lipinski definition) is 2. The minimum Gasteiger partial charge on any atom is -0.370 e. The Morgan fingerprint density at radius 3 is 2.52 bits per heavy atom. The van der Waals surface area contributed by atoms with Crippen molar-refractivity contribution in [3.05, 3.63) is 18.3 Å². The Labute approximate surface area is 151 Å². The number of likely N-dealkylation sites (N-methyl/N-ethyl adjacent to an activating group) is 1. The molecule has 0 spiro atoms. The van der Waals surface area contributed by atoms with Crippen LogP contribution in [0, 0.1) is 23.2 Å². The van der Waals surface area contributed by atoms with E-state index in [0.717, 1.165) is 43.2 Å². The molecule has 2 N–H and O–H groups in total. The number of rotatable bonds is 5. The summed E-state index contributed by atoms with van der Waals surface area (Å²) in [5.74, 6) is 4.14. The lowest BCUT2D eigenvalue weighted by Crippen LogP contribution is -2.49. The summed E-state index contributed by atoms with van der Waals surface area (Å²) in [5, 5.41) is 7.14. The fraction of sp³-hybridized carbons (Fsp3) is 0.762. The third-order valence-corrected chi connectivity index (χ3v) is 7.51. The van der Waals surface area contributed by atoms with E-state index in [1.54, 1.807) is 0 Å². The summed E-state index contributed by atoms with van der Waals surface area (Å²) in [6, 6.07) is 5.04. The molecule has 5 fully saturated rings. The normalized spacial score (nSPS) is 39.2. The molecule has 4 nitrogen and oxygen atoms in total. The lowest BCUT2D eigenvalue weighted by molar-refractivity contribution is -0.0444. The molecule has 5 aliphatic rings. The van der Waals surface area contributed by atoms with Crippen LogP contribution in [0.5, 0.6) is 0 Å². The molecular formula is C21H32N4. The van der Waals surface area contributed by atoms with Gasteiger partial charge in [-0.2, -0.15) is 0 Å². The SMILES string of the molecule is CNC1CCN(c2ccnc(NCC34CC5CC(CC(C5)C3)C4)c2)C1. The number of anilines is 2. The topological polar surface area (TPSA) is 40.2 Å². The van der Waals surface area contributed by atoms with Crippen LogP contribution in [0.2, 0.25) is 0 Å². The van der Waals surface area contributed by atoms with E-state index in [1.165, 1.54) is 50.6 Å². The van der Waals surface area contributed by atoms with Crippen molar-refractivity contribution in [3.8, 4) is 0 Å². The summed E-state index contributed by atoms with van der Waals surface area (Å²) in [7, 11) is 2.07. The van der Waals surface area contributed by atoms with Gasteiger partial charge in [-0.15, -0.1) is 0 Å². The molecule has 0 amide bonds. The fourth-order valence-corrected chi connectivity index (χ4v) is 6.73. The van der Waals surface area contributed by atoms with Crippen molar-refractivity contribution in [2.75, 3.05) is 36.9 Å². The molecule has 4 bridgehead atoms. The van der Waals surface area contributed by atoms with Crippen LogP contribution in [-0.4, -0.2) is 37.7 Å². The highest BCUT2D eigenvalue weighted by Gasteiger charge is 2.50. The van der Waals surface area contributed by atoms with E-state index in [1.807, 2.05) is 6.20 Å². The first kappa shape index (κ1) is 15.9. The van der Waals surface area contributed by atoms with Crippen LogP contribution in [0.15, 0.2) is 18.3 Å². The monoisotopic (exact) mass is 340 g/mol. The Kier molecular flexibility index (Phi) is 3.92. The zero-order valence-electron chi connectivity index (χ0n) is 15.5. The first-order valence-electron chi connectivity index (χ1n) is 10.3. The summed E-state index contributed by atoms with van der Waals surface area (Å²) in [6.07, 6.45) is 12.2. The van der Waals surface area contributed by atoms with Crippen molar-refractivity contribution in [1.82, 2.24) is 10.3 Å². The number of nitrogens with one attached hydrogen (secondary N) is 2. The minimum absolute atomic E-state index is 0.567. The van der Waals surface area contributed by atoms with E-state index in [-0.39, 0.29) is 0 Å². The molecule has 25 heavy (non-hydrogen) atoms. The molecule has 1 aromatic heterocycles. The largest absolute Gasteiger partial charge is 0.370 e. The Balaban J connectivity index is 1.25. The van der Waals surface area contributed by atoms with Crippen LogP contribution in [0.4, 0.5) is 11.5 Å². The standard InChI is InChI=1S/C21H32N4/c1-22-18-3-5-25(13-18)19-2-4-23-20(9-19)24-14-21-10-15-6-16(11-21)8-17(7-15)12-21/h2,4,9,15-18,22H,3,5-8,10-14H2,1H3,(H,23,24). The maximum Gasteiger partial charge on any atom is 0.127 e. The first-order chi connectivity index (χ1) is 12.2. The highest BCUT2D eigenvalue weighted by molar-refractivity contribution is 5.54. The van der Waals surface area contributed by atoms with Gasteiger partial charge < -0.3 is 15.5 Å². The van der Waals surface area contributed by atoms with Gasteiger partial charge in [0.25, 0.3) is 0 Å². The maximum absolute atomic E-state index is 4.61. The lowest BCUT2D eigenvalue weighted by atomic mass is 9.49. The van der Waals surface area contributed by atoms with E-state index in [0.29, 0.717) is 11.5 Å². The Morgan fingerprint density at radius 2 is 1.88 bits per heavy atom. The molecule has 1 aliphatic heterocycles. The van der Waals surface area contributed by atoms with Gasteiger partial charge in [-0.1, -0.05) is 0 Å². The van der Waals surface area contributed by atoms with Crippen molar-refractivity contribution in [2.24, 2.45) is 23.2 Å². The maximum atomic E-state index is 4.61. The van der Waals surface area contributed by atoms with Crippen molar-refractivity contribution in [2.45, 2.75) is 51.0 Å². The second-order valence-corrected chi connectivity index (χ2v) is 9.39. The first-order valence-corrected chi connectivity index (χ1v) is 10.3. The quantitative estimate of drug-likeness (QED) is 0.860. The molecule has 2 heterocycles. The summed E-state index contributed by atoms with van der Waals surface area (Å²) in [4.78, 5) is 7.10. The van der Waals surface area contributed by atoms with Gasteiger partial charge in [0.15, 0.2) is 0 Å². The second-order valence-electron chi connectivity index (χ2n) is 9.39. The zero-order valence-corrected chi connectivity index (χ0v) is 15.5. The molecule has 0 radical (unpaired) electrons. The Hall–Kier alpha value is -1.29. The zero-order chi connectivity index (χ0) is 16.9. The smallest absolute Gasteiger partial charge is 0.127 e. The number of pyridine rings is 1. The predicted octanol–water partition coefficient (Wildman–Crippen LogP) is 3.51. The highest BCUT2D eigenvalue weighted by atomic mass is 15.2. The Bertz CT molecular complexity index is 593. The van der Waals surface area contributed by atoms with Crippen LogP contribution >= 0.6 is 0 Å². The van der Waals surface area contributed by atoms with Gasteiger partial charge in [-0.25, -0.2) is 4.98 Å². The molecule has 1 saturated heterocycles. The van der Waals surface area contributed by atoms with Gasteiger partial charge in [0.2, 0.25) is 0 Å². The van der Waals surface area contributed by atoms with E-state index in [9.17, 15) is 0 Å². The van der Waals surface area contributed by atoms with E-state index < -0.39 is 0 Å². The summed E-state index contributed by atoms with van der Waals surface area (Å²) >= 11 is 0. The molecule has 136 valence electrons. The molecular weight excluding hydrogens is 308 g/mol. The van der Waals surface area contributed by atoms with Gasteiger partial charge in [0.05, 0.1) is 0 Å². The molecule has 0 aromatic carbocycles. The fourth-order valence-electron chi connectivity index (χ4n) is 6.73. The lowest BCUT2D eigenvalue weighted by Gasteiger charge is -2.57. The van der Waals surface area contributed by atoms with Gasteiger partial charge in [0, 0.05) is 43.6 Å². The molecule has 4 aliphatic carbocycles. The van der Waals surface area contributed by atoms with Gasteiger partial charge in [-0.05, 0) is 81.2 Å². The molecule has 1 atom stereocenters. The van der Waals surface area contributed by atoms with Crippen LogP contribution in [0.25, 0.3) is 0 Å². The molecule has 4 heteroatoms. The number of hydrogen-bond acceptors (Lipinski definition) is 4. The Morgan fingerprint density at radius 1 is 1.16 bits per heavy atom. The molecule has 1 unspecified atom stereocenters. The highest BCUT2D eigenvalue weighted by Crippen LogP contribution is 2.59. The van der Waals surface area contributed by atoms with Crippen molar-refractivity contribution >= 4 is 11.5 Å². The number of nitrogens with zero attached hydrogens (tertiary/aromatic N) is 2. The van der Waals surface area contributed by atoms with Crippen LogP contribution in [0.1, 0.15) is 44.9 Å². The van der Waals surface area contributed by atoms with E-state index >= 15 is 0 Å². The van der Waals surface area contributed by atoms with Gasteiger partial charge in [-0.3, -0.25) is 0 Å². The van der Waals surface area contributed by atoms with Gasteiger partial charge in [0.1, 0.15) is 5.82 Å². The average Bonchev–Trinajstić information content (AvgIpc) is 3.08. The molecule has 1 aromatic rings. The van der Waals surface area contributed by atoms with E-state index in [4.69, 9.17) is 0 Å². The van der Waals surface area contributed by atoms with Crippen molar-refractivity contribution < 1.29 is 0 Å². The predicted molar refractivity (Wildman–Crippen MR) is 103 cm³/mol. The van der Waals surface area contributed by atoms with Crippen molar-refractivity contribution in [3.63, 3.8) is 0 Å².